The standard InChI is InChI=1S/C17H22INO3/c1-22-17(21)15(11-12-7-9-14(18)10-8-12)19-16(20)13-5-3-2-4-6-13/h7-10,13,15H,2-6,11H2,1H3,(H,19,20)/t15-/m1/s1. The van der Waals surface area contributed by atoms with E-state index in [0.29, 0.717) is 6.42 Å². The summed E-state index contributed by atoms with van der Waals surface area (Å²) in [6, 6.07) is 7.33. The highest BCUT2D eigenvalue weighted by molar-refractivity contribution is 14.1. The minimum atomic E-state index is -0.612. The highest BCUT2D eigenvalue weighted by Crippen LogP contribution is 2.24. The summed E-state index contributed by atoms with van der Waals surface area (Å²) in [4.78, 5) is 24.3. The van der Waals surface area contributed by atoms with Crippen LogP contribution in [0.25, 0.3) is 0 Å². The zero-order valence-corrected chi connectivity index (χ0v) is 15.0. The van der Waals surface area contributed by atoms with Crippen LogP contribution >= 0.6 is 22.6 Å². The molecule has 5 heteroatoms. The largest absolute Gasteiger partial charge is 0.467 e. The van der Waals surface area contributed by atoms with Crippen molar-refractivity contribution in [2.45, 2.75) is 44.6 Å². The summed E-state index contributed by atoms with van der Waals surface area (Å²) in [5.41, 5.74) is 1.01. The number of rotatable bonds is 5. The van der Waals surface area contributed by atoms with Crippen LogP contribution in [-0.4, -0.2) is 25.0 Å². The number of amides is 1. The van der Waals surface area contributed by atoms with Crippen molar-refractivity contribution in [2.75, 3.05) is 7.11 Å². The highest BCUT2D eigenvalue weighted by Gasteiger charge is 2.27. The fourth-order valence-corrected chi connectivity index (χ4v) is 3.21. The molecule has 2 rings (SSSR count). The van der Waals surface area contributed by atoms with Gasteiger partial charge in [0.05, 0.1) is 7.11 Å². The molecule has 0 spiro atoms. The van der Waals surface area contributed by atoms with Gasteiger partial charge in [-0.3, -0.25) is 4.79 Å². The second-order valence-corrected chi connectivity index (χ2v) is 7.00. The molecule has 0 aliphatic heterocycles. The Bertz CT molecular complexity index is 509. The molecule has 4 nitrogen and oxygen atoms in total. The van der Waals surface area contributed by atoms with E-state index in [1.165, 1.54) is 13.5 Å². The fourth-order valence-electron chi connectivity index (χ4n) is 2.85. The van der Waals surface area contributed by atoms with Crippen LogP contribution in [0.2, 0.25) is 0 Å². The van der Waals surface area contributed by atoms with Gasteiger partial charge in [0.2, 0.25) is 5.91 Å². The van der Waals surface area contributed by atoms with E-state index in [4.69, 9.17) is 4.74 Å². The second kappa shape index (κ2) is 8.50. The molecule has 0 saturated heterocycles. The lowest BCUT2D eigenvalue weighted by molar-refractivity contribution is -0.145. The van der Waals surface area contributed by atoms with Gasteiger partial charge in [0, 0.05) is 15.9 Å². The Morgan fingerprint density at radius 2 is 1.86 bits per heavy atom. The molecule has 1 N–H and O–H groups in total. The average Bonchev–Trinajstić information content (AvgIpc) is 2.56. The van der Waals surface area contributed by atoms with Crippen molar-refractivity contribution in [3.05, 3.63) is 33.4 Å². The number of hydrogen-bond acceptors (Lipinski definition) is 3. The second-order valence-electron chi connectivity index (χ2n) is 5.75. The molecular formula is C17H22INO3. The summed E-state index contributed by atoms with van der Waals surface area (Å²) in [6.45, 7) is 0. The highest BCUT2D eigenvalue weighted by atomic mass is 127. The van der Waals surface area contributed by atoms with Crippen molar-refractivity contribution >= 4 is 34.5 Å². The van der Waals surface area contributed by atoms with Crippen LogP contribution in [0.4, 0.5) is 0 Å². The third-order valence-electron chi connectivity index (χ3n) is 4.13. The smallest absolute Gasteiger partial charge is 0.328 e. The molecule has 1 saturated carbocycles. The maximum atomic E-state index is 12.4. The Morgan fingerprint density at radius 3 is 2.45 bits per heavy atom. The lowest BCUT2D eigenvalue weighted by Crippen LogP contribution is -2.45. The molecule has 1 atom stereocenters. The van der Waals surface area contributed by atoms with E-state index in [2.05, 4.69) is 27.9 Å². The van der Waals surface area contributed by atoms with E-state index in [-0.39, 0.29) is 17.8 Å². The number of ether oxygens (including phenoxy) is 1. The van der Waals surface area contributed by atoms with Gasteiger partial charge in [-0.1, -0.05) is 31.4 Å². The first-order valence-corrected chi connectivity index (χ1v) is 8.80. The number of esters is 1. The van der Waals surface area contributed by atoms with E-state index in [9.17, 15) is 9.59 Å². The zero-order valence-electron chi connectivity index (χ0n) is 12.8. The molecule has 1 aliphatic rings. The van der Waals surface area contributed by atoms with Crippen LogP contribution in [-0.2, 0) is 20.7 Å². The average molecular weight is 415 g/mol. The number of methoxy groups -OCH3 is 1. The molecule has 0 unspecified atom stereocenters. The predicted octanol–water partition coefficient (Wildman–Crippen LogP) is 3.07. The minimum absolute atomic E-state index is 0.0133. The van der Waals surface area contributed by atoms with Gasteiger partial charge < -0.3 is 10.1 Å². The molecule has 1 amide bonds. The molecule has 1 fully saturated rings. The van der Waals surface area contributed by atoms with Crippen LogP contribution < -0.4 is 5.32 Å². The molecule has 120 valence electrons. The van der Waals surface area contributed by atoms with E-state index in [1.807, 2.05) is 24.3 Å². The predicted molar refractivity (Wildman–Crippen MR) is 93.4 cm³/mol. The van der Waals surface area contributed by atoms with Crippen LogP contribution in [0.3, 0.4) is 0 Å². The summed E-state index contributed by atoms with van der Waals surface area (Å²) in [5, 5.41) is 2.89. The number of carbonyl (C=O) groups is 2. The molecule has 0 heterocycles. The van der Waals surface area contributed by atoms with Gasteiger partial charge >= 0.3 is 5.97 Å². The zero-order chi connectivity index (χ0) is 15.9. The van der Waals surface area contributed by atoms with Crippen molar-refractivity contribution in [2.24, 2.45) is 5.92 Å². The number of halogens is 1. The Balaban J connectivity index is 2.00. The Kier molecular flexibility index (Phi) is 6.67. The molecule has 0 bridgehead atoms. The first kappa shape index (κ1) is 17.2. The Hall–Kier alpha value is -1.11. The monoisotopic (exact) mass is 415 g/mol. The van der Waals surface area contributed by atoms with E-state index >= 15 is 0 Å². The Labute approximate surface area is 145 Å². The maximum absolute atomic E-state index is 12.4. The van der Waals surface area contributed by atoms with E-state index in [1.54, 1.807) is 0 Å². The van der Waals surface area contributed by atoms with Crippen LogP contribution in [0.5, 0.6) is 0 Å². The number of hydrogen-bond donors (Lipinski definition) is 1. The summed E-state index contributed by atoms with van der Waals surface area (Å²) >= 11 is 2.24. The normalized spacial score (nSPS) is 16.8. The van der Waals surface area contributed by atoms with E-state index < -0.39 is 6.04 Å². The van der Waals surface area contributed by atoms with Crippen molar-refractivity contribution in [3.8, 4) is 0 Å². The SMILES string of the molecule is COC(=O)[C@@H](Cc1ccc(I)cc1)NC(=O)C1CCCCC1. The van der Waals surface area contributed by atoms with Gasteiger partial charge in [-0.25, -0.2) is 4.79 Å². The number of benzene rings is 1. The van der Waals surface area contributed by atoms with Crippen molar-refractivity contribution in [3.63, 3.8) is 0 Å². The quantitative estimate of drug-likeness (QED) is 0.594. The maximum Gasteiger partial charge on any atom is 0.328 e. The number of carbonyl (C=O) groups excluding carboxylic acids is 2. The van der Waals surface area contributed by atoms with Gasteiger partial charge in [-0.2, -0.15) is 0 Å². The molecule has 1 aliphatic carbocycles. The molecule has 1 aromatic rings. The summed E-state index contributed by atoms with van der Waals surface area (Å²) in [7, 11) is 1.36. The molecule has 1 aromatic carbocycles. The lowest BCUT2D eigenvalue weighted by atomic mass is 9.88. The van der Waals surface area contributed by atoms with Crippen LogP contribution in [0.15, 0.2) is 24.3 Å². The van der Waals surface area contributed by atoms with Gasteiger partial charge in [0.25, 0.3) is 0 Å². The third-order valence-corrected chi connectivity index (χ3v) is 4.85. The third kappa shape index (κ3) is 4.97. The van der Waals surface area contributed by atoms with Gasteiger partial charge in [-0.05, 0) is 53.1 Å². The molecular weight excluding hydrogens is 393 g/mol. The number of nitrogens with one attached hydrogen (secondary N) is 1. The molecule has 0 radical (unpaired) electrons. The summed E-state index contributed by atoms with van der Waals surface area (Å²) in [6.07, 6.45) is 5.69. The van der Waals surface area contributed by atoms with E-state index in [0.717, 1.165) is 34.8 Å². The van der Waals surface area contributed by atoms with Crippen molar-refractivity contribution < 1.29 is 14.3 Å². The van der Waals surface area contributed by atoms with Crippen molar-refractivity contribution in [1.82, 2.24) is 5.32 Å². The molecule has 22 heavy (non-hydrogen) atoms. The first-order valence-electron chi connectivity index (χ1n) is 7.73. The summed E-state index contributed by atoms with van der Waals surface area (Å²) in [5.74, 6) is -0.360. The first-order chi connectivity index (χ1) is 10.6. The van der Waals surface area contributed by atoms with Crippen molar-refractivity contribution in [1.29, 1.82) is 0 Å². The Morgan fingerprint density at radius 1 is 1.23 bits per heavy atom. The molecule has 0 aromatic heterocycles. The van der Waals surface area contributed by atoms with Gasteiger partial charge in [0.1, 0.15) is 6.04 Å². The topological polar surface area (TPSA) is 55.4 Å². The van der Waals surface area contributed by atoms with Gasteiger partial charge in [0.15, 0.2) is 0 Å². The minimum Gasteiger partial charge on any atom is -0.467 e. The van der Waals surface area contributed by atoms with Crippen LogP contribution in [0.1, 0.15) is 37.7 Å². The van der Waals surface area contributed by atoms with Crippen LogP contribution in [0, 0.1) is 9.49 Å². The lowest BCUT2D eigenvalue weighted by Gasteiger charge is -2.24. The fraction of sp³-hybridized carbons (Fsp3) is 0.529. The summed E-state index contributed by atoms with van der Waals surface area (Å²) < 4.78 is 5.98. The van der Waals surface area contributed by atoms with Gasteiger partial charge in [-0.15, -0.1) is 0 Å².